The third-order valence-corrected chi connectivity index (χ3v) is 5.25. The predicted molar refractivity (Wildman–Crippen MR) is 68.9 cm³/mol. The predicted octanol–water partition coefficient (Wildman–Crippen LogP) is 5.13. The molecule has 1 rings (SSSR count). The molecule has 0 nitrogen and oxygen atoms in total. The summed E-state index contributed by atoms with van der Waals surface area (Å²) >= 11 is 0. The summed E-state index contributed by atoms with van der Waals surface area (Å²) in [5, 5.41) is 0. The smallest absolute Gasteiger partial charge is 0.0274 e. The molecule has 0 heterocycles. The second kappa shape index (κ2) is 3.50. The number of hydrogen-bond donors (Lipinski definition) is 0. The zero-order valence-electron chi connectivity index (χ0n) is 12.1. The first-order valence-electron chi connectivity index (χ1n) is 6.48. The molecule has 2 atom stereocenters. The molecule has 0 saturated heterocycles. The Kier molecular flexibility index (Phi) is 3.05. The van der Waals surface area contributed by atoms with Crippen molar-refractivity contribution in [3.8, 4) is 0 Å². The van der Waals surface area contributed by atoms with E-state index in [0.717, 1.165) is 11.8 Å². The van der Waals surface area contributed by atoms with Crippen molar-refractivity contribution in [1.29, 1.82) is 0 Å². The van der Waals surface area contributed by atoms with Crippen LogP contribution in [0.4, 0.5) is 0 Å². The molecule has 0 bridgehead atoms. The minimum absolute atomic E-state index is 0.418. The molecule has 15 heavy (non-hydrogen) atoms. The molecule has 0 aromatic rings. The summed E-state index contributed by atoms with van der Waals surface area (Å²) in [4.78, 5) is 0. The van der Waals surface area contributed by atoms with Crippen LogP contribution in [0.25, 0.3) is 0 Å². The second-order valence-electron chi connectivity index (χ2n) is 8.13. The second-order valence-corrected chi connectivity index (χ2v) is 8.13. The molecular formula is C15H30. The van der Waals surface area contributed by atoms with Crippen LogP contribution in [0, 0.1) is 28.1 Å². The molecule has 1 aliphatic rings. The Morgan fingerprint density at radius 3 is 1.27 bits per heavy atom. The molecule has 90 valence electrons. The standard InChI is InChI=1S/C15H30/c1-13(2,3)11-9-10-12(11)15(7,8)14(4,5)6/h11-12H,9-10H2,1-8H3. The summed E-state index contributed by atoms with van der Waals surface area (Å²) in [5.41, 5.74) is 1.37. The lowest BCUT2D eigenvalue weighted by molar-refractivity contribution is -0.0772. The van der Waals surface area contributed by atoms with Crippen molar-refractivity contribution >= 4 is 0 Å². The number of rotatable bonds is 1. The topological polar surface area (TPSA) is 0 Å². The minimum atomic E-state index is 0.418. The molecule has 2 unspecified atom stereocenters. The van der Waals surface area contributed by atoms with Crippen LogP contribution in [-0.4, -0.2) is 0 Å². The molecule has 0 amide bonds. The molecule has 1 saturated carbocycles. The van der Waals surface area contributed by atoms with Gasteiger partial charge in [0, 0.05) is 0 Å². The Morgan fingerprint density at radius 1 is 0.667 bits per heavy atom. The van der Waals surface area contributed by atoms with Crippen LogP contribution in [0.3, 0.4) is 0 Å². The maximum absolute atomic E-state index is 2.47. The summed E-state index contributed by atoms with van der Waals surface area (Å²) in [7, 11) is 0. The summed E-state index contributed by atoms with van der Waals surface area (Å²) in [5.74, 6) is 1.84. The van der Waals surface area contributed by atoms with Crippen molar-refractivity contribution < 1.29 is 0 Å². The van der Waals surface area contributed by atoms with Gasteiger partial charge in [-0.3, -0.25) is 0 Å². The van der Waals surface area contributed by atoms with E-state index in [4.69, 9.17) is 0 Å². The van der Waals surface area contributed by atoms with Crippen LogP contribution in [0.2, 0.25) is 0 Å². The van der Waals surface area contributed by atoms with E-state index in [9.17, 15) is 0 Å². The van der Waals surface area contributed by atoms with Gasteiger partial charge in [0.2, 0.25) is 0 Å². The van der Waals surface area contributed by atoms with E-state index in [-0.39, 0.29) is 0 Å². The fourth-order valence-electron chi connectivity index (χ4n) is 2.96. The third-order valence-electron chi connectivity index (χ3n) is 5.25. The quantitative estimate of drug-likeness (QED) is 0.563. The summed E-state index contributed by atoms with van der Waals surface area (Å²) in [6.07, 6.45) is 2.87. The first kappa shape index (κ1) is 13.1. The Morgan fingerprint density at radius 2 is 1.07 bits per heavy atom. The van der Waals surface area contributed by atoms with Gasteiger partial charge in [-0.2, -0.15) is 0 Å². The lowest BCUT2D eigenvalue weighted by Gasteiger charge is -2.57. The fraction of sp³-hybridized carbons (Fsp3) is 1.00. The summed E-state index contributed by atoms with van der Waals surface area (Å²) in [6, 6.07) is 0. The zero-order valence-corrected chi connectivity index (χ0v) is 12.1. The summed E-state index contributed by atoms with van der Waals surface area (Å²) < 4.78 is 0. The van der Waals surface area contributed by atoms with Crippen molar-refractivity contribution in [2.75, 3.05) is 0 Å². The molecule has 1 fully saturated rings. The molecule has 0 aliphatic heterocycles. The third kappa shape index (κ3) is 2.24. The highest BCUT2D eigenvalue weighted by atomic mass is 14.6. The highest BCUT2D eigenvalue weighted by molar-refractivity contribution is 4.99. The van der Waals surface area contributed by atoms with Crippen LogP contribution in [-0.2, 0) is 0 Å². The van der Waals surface area contributed by atoms with Crippen molar-refractivity contribution in [3.63, 3.8) is 0 Å². The van der Waals surface area contributed by atoms with Crippen LogP contribution in [0.15, 0.2) is 0 Å². The van der Waals surface area contributed by atoms with Crippen molar-refractivity contribution in [2.45, 2.75) is 68.2 Å². The van der Waals surface area contributed by atoms with E-state index in [1.54, 1.807) is 0 Å². The normalized spacial score (nSPS) is 28.8. The maximum Gasteiger partial charge on any atom is -0.0274 e. The zero-order chi connectivity index (χ0) is 12.1. The van der Waals surface area contributed by atoms with Gasteiger partial charge in [-0.1, -0.05) is 55.4 Å². The van der Waals surface area contributed by atoms with E-state index >= 15 is 0 Å². The molecule has 0 aromatic heterocycles. The first-order chi connectivity index (χ1) is 6.48. The maximum atomic E-state index is 2.47. The van der Waals surface area contributed by atoms with Gasteiger partial charge in [-0.05, 0) is 40.9 Å². The molecule has 0 spiro atoms. The van der Waals surface area contributed by atoms with Crippen LogP contribution >= 0.6 is 0 Å². The summed E-state index contributed by atoms with van der Waals surface area (Å²) in [6.45, 7) is 19.3. The SMILES string of the molecule is CC(C)(C)C1CCC1C(C)(C)C(C)(C)C. The van der Waals surface area contributed by atoms with Crippen LogP contribution in [0.1, 0.15) is 68.2 Å². The molecule has 0 N–H and O–H groups in total. The first-order valence-corrected chi connectivity index (χ1v) is 6.48. The Hall–Kier alpha value is 0. The Bertz CT molecular complexity index is 221. The lowest BCUT2D eigenvalue weighted by Crippen LogP contribution is -2.49. The van der Waals surface area contributed by atoms with Crippen molar-refractivity contribution in [3.05, 3.63) is 0 Å². The lowest BCUT2D eigenvalue weighted by atomic mass is 9.48. The van der Waals surface area contributed by atoms with E-state index in [0.29, 0.717) is 16.2 Å². The van der Waals surface area contributed by atoms with Gasteiger partial charge >= 0.3 is 0 Å². The van der Waals surface area contributed by atoms with Crippen LogP contribution < -0.4 is 0 Å². The van der Waals surface area contributed by atoms with E-state index in [1.165, 1.54) is 12.8 Å². The Labute approximate surface area is 96.8 Å². The largest absolute Gasteiger partial charge is 0.0599 e. The minimum Gasteiger partial charge on any atom is -0.0599 e. The number of hydrogen-bond acceptors (Lipinski definition) is 0. The fourth-order valence-corrected chi connectivity index (χ4v) is 2.96. The van der Waals surface area contributed by atoms with Gasteiger partial charge < -0.3 is 0 Å². The van der Waals surface area contributed by atoms with E-state index in [2.05, 4.69) is 55.4 Å². The van der Waals surface area contributed by atoms with Gasteiger partial charge in [0.15, 0.2) is 0 Å². The molecule has 0 radical (unpaired) electrons. The highest BCUT2D eigenvalue weighted by Gasteiger charge is 2.50. The average Bonchev–Trinajstić information content (AvgIpc) is 1.74. The molecule has 1 aliphatic carbocycles. The Balaban J connectivity index is 2.83. The van der Waals surface area contributed by atoms with Gasteiger partial charge in [-0.15, -0.1) is 0 Å². The van der Waals surface area contributed by atoms with Gasteiger partial charge in [-0.25, -0.2) is 0 Å². The van der Waals surface area contributed by atoms with Crippen molar-refractivity contribution in [1.82, 2.24) is 0 Å². The van der Waals surface area contributed by atoms with Crippen molar-refractivity contribution in [2.24, 2.45) is 28.1 Å². The van der Waals surface area contributed by atoms with Gasteiger partial charge in [0.1, 0.15) is 0 Å². The van der Waals surface area contributed by atoms with Gasteiger partial charge in [0.05, 0.1) is 0 Å². The van der Waals surface area contributed by atoms with Crippen LogP contribution in [0.5, 0.6) is 0 Å². The molecule has 0 aromatic carbocycles. The highest BCUT2D eigenvalue weighted by Crippen LogP contribution is 2.58. The molecule has 0 heteroatoms. The average molecular weight is 210 g/mol. The van der Waals surface area contributed by atoms with Gasteiger partial charge in [0.25, 0.3) is 0 Å². The van der Waals surface area contributed by atoms with E-state index < -0.39 is 0 Å². The monoisotopic (exact) mass is 210 g/mol. The van der Waals surface area contributed by atoms with E-state index in [1.807, 2.05) is 0 Å². The molecular weight excluding hydrogens is 180 g/mol.